The Kier molecular flexibility index (Phi) is 5.75. The molecule has 0 aliphatic carbocycles. The molecule has 0 saturated heterocycles. The van der Waals surface area contributed by atoms with Gasteiger partial charge in [-0.25, -0.2) is 0 Å². The zero-order valence-corrected chi connectivity index (χ0v) is 5.06. The summed E-state index contributed by atoms with van der Waals surface area (Å²) in [4.78, 5) is 0. The Hall–Kier alpha value is 0.796. The normalized spacial score (nSPS) is 17.1. The van der Waals surface area contributed by atoms with E-state index in [4.69, 9.17) is 9.81 Å². The molecule has 4 nitrogen and oxygen atoms in total. The van der Waals surface area contributed by atoms with Crippen molar-refractivity contribution in [3.63, 3.8) is 0 Å². The van der Waals surface area contributed by atoms with Crippen LogP contribution in [-0.4, -0.2) is 33.8 Å². The molecule has 2 N–H and O–H groups in total. The van der Waals surface area contributed by atoms with Gasteiger partial charge in [-0.05, 0) is 0 Å². The fourth-order valence-corrected chi connectivity index (χ4v) is 0. The molecule has 6 heteroatoms. The molecule has 0 aliphatic heterocycles. The molecule has 0 amide bonds. The van der Waals surface area contributed by atoms with Gasteiger partial charge >= 0.3 is 45.5 Å². The van der Waals surface area contributed by atoms with E-state index in [0.29, 0.717) is 19.8 Å². The third-order valence-electron chi connectivity index (χ3n) is 0.116. The Morgan fingerprint density at radius 3 is 1.86 bits per heavy atom. The predicted octanol–water partition coefficient (Wildman–Crippen LogP) is -0.132. The summed E-state index contributed by atoms with van der Waals surface area (Å²) >= 11 is 0.671. The summed E-state index contributed by atoms with van der Waals surface area (Å²) in [6.07, 6.45) is 0. The van der Waals surface area contributed by atoms with Crippen LogP contribution < -0.4 is 0 Å². The number of rotatable bonds is 1. The van der Waals surface area contributed by atoms with Gasteiger partial charge in [0, 0.05) is 0 Å². The summed E-state index contributed by atoms with van der Waals surface area (Å²) < 4.78 is 20.6. The van der Waals surface area contributed by atoms with Crippen molar-refractivity contribution in [2.45, 2.75) is 7.43 Å². The van der Waals surface area contributed by atoms with Gasteiger partial charge in [0.25, 0.3) is 0 Å². The average Bonchev–Trinajstić information content (AvgIpc) is 1.35. The van der Waals surface area contributed by atoms with Crippen LogP contribution in [0.25, 0.3) is 0 Å². The van der Waals surface area contributed by atoms with Crippen molar-refractivity contribution in [3.05, 3.63) is 0 Å². The molecule has 1 atom stereocenters. The first-order chi connectivity index (χ1) is 2.56. The SMILES string of the molecule is C.O=[S](O)(=[Mg])OO. The third kappa shape index (κ3) is 10.8. The van der Waals surface area contributed by atoms with E-state index in [2.05, 4.69) is 4.33 Å². The topological polar surface area (TPSA) is 66.8 Å². The minimum atomic E-state index is -3.33. The first kappa shape index (κ1) is 10.7. The molecule has 0 aliphatic rings. The quantitative estimate of drug-likeness (QED) is 0.301. The van der Waals surface area contributed by atoms with Crippen molar-refractivity contribution in [2.24, 2.45) is 0 Å². The Morgan fingerprint density at radius 2 is 1.86 bits per heavy atom. The summed E-state index contributed by atoms with van der Waals surface area (Å²) in [5, 5.41) is 7.38. The zero-order chi connectivity index (χ0) is 5.21. The summed E-state index contributed by atoms with van der Waals surface area (Å²) in [7, 11) is -3.33. The van der Waals surface area contributed by atoms with Crippen molar-refractivity contribution < 1.29 is 18.4 Å². The Balaban J connectivity index is 0. The number of hydrogen-bond acceptors (Lipinski definition) is 3. The molecule has 0 aromatic heterocycles. The van der Waals surface area contributed by atoms with Crippen molar-refractivity contribution >= 4 is 27.1 Å². The van der Waals surface area contributed by atoms with Crippen LogP contribution in [0.4, 0.5) is 0 Å². The van der Waals surface area contributed by atoms with Gasteiger partial charge in [-0.3, -0.25) is 0 Å². The van der Waals surface area contributed by atoms with E-state index < -0.39 is 7.32 Å². The van der Waals surface area contributed by atoms with E-state index in [1.165, 1.54) is 0 Å². The van der Waals surface area contributed by atoms with Gasteiger partial charge < -0.3 is 0 Å². The predicted molar refractivity (Wildman–Crippen MR) is 27.0 cm³/mol. The summed E-state index contributed by atoms with van der Waals surface area (Å²) in [6, 6.07) is 0. The number of hydrogen-bond donors (Lipinski definition) is 2. The van der Waals surface area contributed by atoms with Crippen LogP contribution >= 0.6 is 0 Å². The summed E-state index contributed by atoms with van der Waals surface area (Å²) in [5.74, 6) is 0. The van der Waals surface area contributed by atoms with Crippen LogP contribution in [0.5, 0.6) is 0 Å². The maximum atomic E-state index is 9.65. The van der Waals surface area contributed by atoms with E-state index >= 15 is 0 Å². The van der Waals surface area contributed by atoms with Crippen LogP contribution in [-0.2, 0) is 11.7 Å². The molecule has 0 fully saturated rings. The molecule has 0 aromatic carbocycles. The van der Waals surface area contributed by atoms with Crippen molar-refractivity contribution in [1.82, 2.24) is 0 Å². The molecule has 0 bridgehead atoms. The summed E-state index contributed by atoms with van der Waals surface area (Å²) in [5.41, 5.74) is 0. The van der Waals surface area contributed by atoms with Gasteiger partial charge in [-0.15, -0.1) is 0 Å². The monoisotopic (exact) mass is 138 g/mol. The van der Waals surface area contributed by atoms with Crippen molar-refractivity contribution in [1.29, 1.82) is 0 Å². The van der Waals surface area contributed by atoms with E-state index in [9.17, 15) is 4.21 Å². The van der Waals surface area contributed by atoms with E-state index in [0.717, 1.165) is 0 Å². The second kappa shape index (κ2) is 3.76. The molecular weight excluding hydrogens is 132 g/mol. The van der Waals surface area contributed by atoms with Crippen molar-refractivity contribution in [3.8, 4) is 0 Å². The van der Waals surface area contributed by atoms with Crippen LogP contribution in [0.1, 0.15) is 7.43 Å². The van der Waals surface area contributed by atoms with E-state index in [1.807, 2.05) is 0 Å². The molecule has 0 saturated carbocycles. The third-order valence-corrected chi connectivity index (χ3v) is 0.666. The van der Waals surface area contributed by atoms with Crippen LogP contribution in [0.15, 0.2) is 0 Å². The second-order valence-electron chi connectivity index (χ2n) is 0.656. The van der Waals surface area contributed by atoms with Gasteiger partial charge in [0.2, 0.25) is 0 Å². The second-order valence-corrected chi connectivity index (χ2v) is 4.16. The van der Waals surface area contributed by atoms with Crippen molar-refractivity contribution in [2.75, 3.05) is 0 Å². The molecule has 0 radical (unpaired) electrons. The first-order valence-electron chi connectivity index (χ1n) is 0.987. The molecular formula is CH6MgO4S. The van der Waals surface area contributed by atoms with Crippen LogP contribution in [0, 0.1) is 0 Å². The molecule has 0 rings (SSSR count). The average molecular weight is 138 g/mol. The summed E-state index contributed by atoms with van der Waals surface area (Å²) in [6.45, 7) is 0. The zero-order valence-electron chi connectivity index (χ0n) is 2.83. The fraction of sp³-hybridized carbons (Fsp3) is 1.00. The molecule has 7 heavy (non-hydrogen) atoms. The molecule has 1 unspecified atom stereocenters. The van der Waals surface area contributed by atoms with Crippen LogP contribution in [0.2, 0.25) is 0 Å². The van der Waals surface area contributed by atoms with E-state index in [1.54, 1.807) is 0 Å². The van der Waals surface area contributed by atoms with Gasteiger partial charge in [0.05, 0.1) is 0 Å². The van der Waals surface area contributed by atoms with Gasteiger partial charge in [0.1, 0.15) is 0 Å². The van der Waals surface area contributed by atoms with E-state index in [-0.39, 0.29) is 7.43 Å². The minimum absolute atomic E-state index is 0. The van der Waals surface area contributed by atoms with Gasteiger partial charge in [-0.2, -0.15) is 0 Å². The Morgan fingerprint density at radius 1 is 1.71 bits per heavy atom. The van der Waals surface area contributed by atoms with Gasteiger partial charge in [-0.1, -0.05) is 7.43 Å². The van der Waals surface area contributed by atoms with Gasteiger partial charge in [0.15, 0.2) is 0 Å². The molecule has 0 aromatic rings. The van der Waals surface area contributed by atoms with Crippen LogP contribution in [0.3, 0.4) is 0 Å². The standard InChI is InChI=1S/CH4.Mg.H2O4S/c;;1-4-5(2)3/h1H4;;1H,(H,2,3). The molecule has 0 spiro atoms. The molecule has 0 heterocycles. The molecule has 42 valence electrons. The Bertz CT molecular complexity index is 114. The fourth-order valence-electron chi connectivity index (χ4n) is 0. The maximum absolute atomic E-state index is 9.65. The Labute approximate surface area is 53.1 Å². The first-order valence-corrected chi connectivity index (χ1v) is 4.33.